The first kappa shape index (κ1) is 20.0. The van der Waals surface area contributed by atoms with Gasteiger partial charge in [0.1, 0.15) is 11.6 Å². The molecule has 0 aliphatic rings. The van der Waals surface area contributed by atoms with Gasteiger partial charge in [0.25, 0.3) is 5.56 Å². The van der Waals surface area contributed by atoms with Crippen molar-refractivity contribution in [3.8, 4) is 5.75 Å². The Labute approximate surface area is 162 Å². The number of hydrogen-bond donors (Lipinski definition) is 1. The Morgan fingerprint density at radius 1 is 1.07 bits per heavy atom. The number of para-hydroxylation sites is 1. The maximum absolute atomic E-state index is 13.1. The van der Waals surface area contributed by atoms with Crippen LogP contribution in [0.1, 0.15) is 5.82 Å². The van der Waals surface area contributed by atoms with E-state index in [-0.39, 0.29) is 36.0 Å². The zero-order chi connectivity index (χ0) is 20.1. The topological polar surface area (TPSA) is 102 Å². The van der Waals surface area contributed by atoms with Gasteiger partial charge in [0.15, 0.2) is 0 Å². The summed E-state index contributed by atoms with van der Waals surface area (Å²) < 4.78 is 37.6. The van der Waals surface area contributed by atoms with E-state index in [2.05, 4.69) is 9.97 Å². The van der Waals surface area contributed by atoms with Crippen molar-refractivity contribution in [2.24, 2.45) is 0 Å². The second-order valence-electron chi connectivity index (χ2n) is 6.04. The van der Waals surface area contributed by atoms with Crippen molar-refractivity contribution in [1.29, 1.82) is 0 Å². The highest BCUT2D eigenvalue weighted by atomic mass is 32.2. The zero-order valence-corrected chi connectivity index (χ0v) is 16.4. The van der Waals surface area contributed by atoms with Crippen molar-refractivity contribution in [3.63, 3.8) is 0 Å². The van der Waals surface area contributed by atoms with Crippen LogP contribution in [0, 0.1) is 0 Å². The quantitative estimate of drug-likeness (QED) is 0.615. The van der Waals surface area contributed by atoms with E-state index >= 15 is 0 Å². The molecular formula is C19H21N3O5S. The molecule has 3 rings (SSSR count). The third-order valence-corrected chi connectivity index (χ3v) is 6.09. The van der Waals surface area contributed by atoms with Crippen LogP contribution in [0.2, 0.25) is 0 Å². The number of rotatable bonds is 8. The van der Waals surface area contributed by atoms with Gasteiger partial charge in [0.2, 0.25) is 10.0 Å². The second kappa shape index (κ2) is 8.51. The molecule has 1 heterocycles. The van der Waals surface area contributed by atoms with Gasteiger partial charge in [0.05, 0.1) is 36.1 Å². The summed E-state index contributed by atoms with van der Waals surface area (Å²) in [5, 5.41) is 0.452. The van der Waals surface area contributed by atoms with Crippen molar-refractivity contribution in [2.75, 3.05) is 27.4 Å². The van der Waals surface area contributed by atoms with E-state index in [1.165, 1.54) is 30.7 Å². The molecule has 0 bridgehead atoms. The van der Waals surface area contributed by atoms with Crippen LogP contribution >= 0.6 is 0 Å². The number of aromatic amines is 1. The Bertz CT molecular complexity index is 1110. The molecule has 0 saturated carbocycles. The molecule has 0 aliphatic heterocycles. The molecule has 0 radical (unpaired) electrons. The Kier molecular flexibility index (Phi) is 6.08. The Balaban J connectivity index is 1.96. The summed E-state index contributed by atoms with van der Waals surface area (Å²) >= 11 is 0. The molecule has 0 saturated heterocycles. The monoisotopic (exact) mass is 403 g/mol. The van der Waals surface area contributed by atoms with Crippen molar-refractivity contribution in [3.05, 3.63) is 64.7 Å². The first-order chi connectivity index (χ1) is 13.5. The average Bonchev–Trinajstić information content (AvgIpc) is 2.71. The van der Waals surface area contributed by atoms with Gasteiger partial charge in [-0.25, -0.2) is 13.4 Å². The minimum Gasteiger partial charge on any atom is -0.497 e. The molecular weight excluding hydrogens is 382 g/mol. The molecule has 8 nitrogen and oxygen atoms in total. The fourth-order valence-corrected chi connectivity index (χ4v) is 4.14. The summed E-state index contributed by atoms with van der Waals surface area (Å²) in [5.74, 6) is 0.819. The lowest BCUT2D eigenvalue weighted by Gasteiger charge is -2.21. The van der Waals surface area contributed by atoms with Crippen molar-refractivity contribution in [1.82, 2.24) is 14.3 Å². The van der Waals surface area contributed by atoms with Gasteiger partial charge >= 0.3 is 0 Å². The number of aromatic nitrogens is 2. The number of benzene rings is 2. The molecule has 1 N–H and O–H groups in total. The van der Waals surface area contributed by atoms with E-state index in [0.717, 1.165) is 0 Å². The van der Waals surface area contributed by atoms with Crippen LogP contribution in [-0.4, -0.2) is 50.1 Å². The number of nitrogens with one attached hydrogen (secondary N) is 1. The third kappa shape index (κ3) is 4.22. The Morgan fingerprint density at radius 2 is 1.79 bits per heavy atom. The van der Waals surface area contributed by atoms with E-state index in [4.69, 9.17) is 9.47 Å². The molecule has 0 aliphatic carbocycles. The van der Waals surface area contributed by atoms with Gasteiger partial charge < -0.3 is 14.5 Å². The van der Waals surface area contributed by atoms with Crippen LogP contribution in [0.5, 0.6) is 5.75 Å². The number of hydrogen-bond acceptors (Lipinski definition) is 6. The summed E-state index contributed by atoms with van der Waals surface area (Å²) in [6, 6.07) is 13.0. The molecule has 0 unspecified atom stereocenters. The average molecular weight is 403 g/mol. The van der Waals surface area contributed by atoms with Gasteiger partial charge in [-0.15, -0.1) is 0 Å². The number of H-pyrrole nitrogens is 1. The highest BCUT2D eigenvalue weighted by Gasteiger charge is 2.25. The number of ether oxygens (including phenoxy) is 2. The number of methoxy groups -OCH3 is 2. The predicted octanol–water partition coefficient (Wildman–Crippen LogP) is 1.77. The highest BCUT2D eigenvalue weighted by Crippen LogP contribution is 2.20. The lowest BCUT2D eigenvalue weighted by molar-refractivity contribution is 0.176. The lowest BCUT2D eigenvalue weighted by atomic mass is 10.2. The van der Waals surface area contributed by atoms with Crippen LogP contribution in [0.15, 0.2) is 58.2 Å². The molecule has 1 aromatic heterocycles. The Morgan fingerprint density at radius 3 is 2.46 bits per heavy atom. The minimum absolute atomic E-state index is 0.0855. The first-order valence-corrected chi connectivity index (χ1v) is 10.0. The van der Waals surface area contributed by atoms with Crippen molar-refractivity contribution < 1.29 is 17.9 Å². The second-order valence-corrected chi connectivity index (χ2v) is 7.97. The van der Waals surface area contributed by atoms with Crippen LogP contribution in [0.25, 0.3) is 10.9 Å². The largest absolute Gasteiger partial charge is 0.497 e. The number of sulfonamides is 1. The predicted molar refractivity (Wildman–Crippen MR) is 105 cm³/mol. The Hall–Kier alpha value is -2.75. The molecule has 0 fully saturated rings. The SMILES string of the molecule is COCCN(Cc1nc2ccccc2c(=O)[nH]1)S(=O)(=O)c1ccc(OC)cc1. The molecule has 9 heteroatoms. The fourth-order valence-electron chi connectivity index (χ4n) is 2.75. The van der Waals surface area contributed by atoms with Crippen LogP contribution in [-0.2, 0) is 21.3 Å². The lowest BCUT2D eigenvalue weighted by Crippen LogP contribution is -2.34. The minimum atomic E-state index is -3.83. The third-order valence-electron chi connectivity index (χ3n) is 4.23. The van der Waals surface area contributed by atoms with E-state index in [1.54, 1.807) is 36.4 Å². The number of nitrogens with zero attached hydrogens (tertiary/aromatic N) is 2. The molecule has 3 aromatic rings. The molecule has 0 atom stereocenters. The van der Waals surface area contributed by atoms with Crippen LogP contribution in [0.4, 0.5) is 0 Å². The summed E-state index contributed by atoms with van der Waals surface area (Å²) in [6.45, 7) is 0.229. The van der Waals surface area contributed by atoms with Crippen LogP contribution in [0.3, 0.4) is 0 Å². The fraction of sp³-hybridized carbons (Fsp3) is 0.263. The van der Waals surface area contributed by atoms with E-state index < -0.39 is 10.0 Å². The molecule has 0 amide bonds. The first-order valence-electron chi connectivity index (χ1n) is 8.57. The van der Waals surface area contributed by atoms with Crippen molar-refractivity contribution in [2.45, 2.75) is 11.4 Å². The smallest absolute Gasteiger partial charge is 0.258 e. The molecule has 2 aromatic carbocycles. The summed E-state index contributed by atoms with van der Waals surface area (Å²) in [5.41, 5.74) is 0.198. The van der Waals surface area contributed by atoms with E-state index in [0.29, 0.717) is 16.7 Å². The standard InChI is InChI=1S/C19H21N3O5S/c1-26-12-11-22(28(24,25)15-9-7-14(27-2)8-10-15)13-18-20-17-6-4-3-5-16(17)19(23)21-18/h3-10H,11-13H2,1-2H3,(H,20,21,23). The maximum Gasteiger partial charge on any atom is 0.258 e. The van der Waals surface area contributed by atoms with Gasteiger partial charge in [-0.1, -0.05) is 12.1 Å². The summed E-state index contributed by atoms with van der Waals surface area (Å²) in [7, 11) is -0.822. The van der Waals surface area contributed by atoms with Crippen LogP contribution < -0.4 is 10.3 Å². The normalized spacial score (nSPS) is 11.8. The summed E-state index contributed by atoms with van der Waals surface area (Å²) in [6.07, 6.45) is 0. The van der Waals surface area contributed by atoms with E-state index in [9.17, 15) is 13.2 Å². The van der Waals surface area contributed by atoms with Gasteiger partial charge in [-0.05, 0) is 36.4 Å². The zero-order valence-electron chi connectivity index (χ0n) is 15.6. The van der Waals surface area contributed by atoms with E-state index in [1.807, 2.05) is 0 Å². The van der Waals surface area contributed by atoms with Gasteiger partial charge in [-0.2, -0.15) is 4.31 Å². The highest BCUT2D eigenvalue weighted by molar-refractivity contribution is 7.89. The summed E-state index contributed by atoms with van der Waals surface area (Å²) in [4.78, 5) is 19.5. The van der Waals surface area contributed by atoms with Gasteiger partial charge in [0, 0.05) is 13.7 Å². The maximum atomic E-state index is 13.1. The molecule has 0 spiro atoms. The molecule has 28 heavy (non-hydrogen) atoms. The number of fused-ring (bicyclic) bond motifs is 1. The van der Waals surface area contributed by atoms with Crippen molar-refractivity contribution >= 4 is 20.9 Å². The molecule has 148 valence electrons. The van der Waals surface area contributed by atoms with Gasteiger partial charge in [-0.3, -0.25) is 4.79 Å².